The second kappa shape index (κ2) is 8.51. The van der Waals surface area contributed by atoms with Gasteiger partial charge in [0.1, 0.15) is 10.0 Å². The molecule has 0 fully saturated rings. The van der Waals surface area contributed by atoms with Gasteiger partial charge in [0.15, 0.2) is 9.92 Å². The topological polar surface area (TPSA) is 105 Å². The van der Waals surface area contributed by atoms with Gasteiger partial charge >= 0.3 is 6.03 Å². The molecule has 0 bridgehead atoms. The quantitative estimate of drug-likeness (QED) is 0.587. The minimum atomic E-state index is -3.50. The Morgan fingerprint density at radius 3 is 2.14 bits per heavy atom. The van der Waals surface area contributed by atoms with Crippen LogP contribution in [-0.2, 0) is 15.5 Å². The van der Waals surface area contributed by atoms with E-state index in [4.69, 9.17) is 5.14 Å². The van der Waals surface area contributed by atoms with Gasteiger partial charge in [-0.25, -0.2) is 18.5 Å². The summed E-state index contributed by atoms with van der Waals surface area (Å²) in [4.78, 5) is 12.6. The fourth-order valence-corrected chi connectivity index (χ4v) is 5.07. The van der Waals surface area contributed by atoms with Gasteiger partial charge in [-0.05, 0) is 66.0 Å². The van der Waals surface area contributed by atoms with Crippen molar-refractivity contribution in [2.24, 2.45) is 9.50 Å². The molecule has 1 unspecified atom stereocenters. The summed E-state index contributed by atoms with van der Waals surface area (Å²) < 4.78 is 30.8. The monoisotopic (exact) mass is 441 g/mol. The lowest BCUT2D eigenvalue weighted by Gasteiger charge is -2.19. The number of urea groups is 1. The van der Waals surface area contributed by atoms with Crippen LogP contribution in [0.1, 0.15) is 70.1 Å². The molecule has 1 heterocycles. The maximum absolute atomic E-state index is 14.0. The molecule has 29 heavy (non-hydrogen) atoms. The number of rotatable bonds is 5. The molecule has 0 aliphatic heterocycles. The van der Waals surface area contributed by atoms with Crippen LogP contribution in [-0.4, -0.2) is 15.3 Å². The van der Waals surface area contributed by atoms with Crippen LogP contribution in [0.2, 0.25) is 0 Å². The molecule has 160 valence electrons. The normalized spacial score (nSPS) is 14.2. The Morgan fingerprint density at radius 1 is 1.21 bits per heavy atom. The van der Waals surface area contributed by atoms with Crippen molar-refractivity contribution in [3.05, 3.63) is 46.1 Å². The lowest BCUT2D eigenvalue weighted by Crippen LogP contribution is -2.19. The van der Waals surface area contributed by atoms with Crippen LogP contribution in [0, 0.1) is 5.82 Å². The van der Waals surface area contributed by atoms with Gasteiger partial charge in [-0.1, -0.05) is 27.7 Å². The highest BCUT2D eigenvalue weighted by molar-refractivity contribution is 7.93. The molecule has 0 aliphatic rings. The van der Waals surface area contributed by atoms with Crippen molar-refractivity contribution >= 4 is 33.0 Å². The Bertz CT molecular complexity index is 1000. The van der Waals surface area contributed by atoms with E-state index in [-0.39, 0.29) is 21.9 Å². The highest BCUT2D eigenvalue weighted by Gasteiger charge is 2.22. The Kier molecular flexibility index (Phi) is 6.89. The summed E-state index contributed by atoms with van der Waals surface area (Å²) in [5.41, 5.74) is 1.12. The van der Waals surface area contributed by atoms with Crippen LogP contribution < -0.4 is 10.5 Å². The van der Waals surface area contributed by atoms with Crippen molar-refractivity contribution < 1.29 is 18.5 Å². The Hall–Kier alpha value is -1.81. The van der Waals surface area contributed by atoms with Crippen LogP contribution in [0.4, 0.5) is 14.9 Å². The van der Waals surface area contributed by atoms with Crippen molar-refractivity contribution in [2.75, 3.05) is 5.32 Å². The Morgan fingerprint density at radius 2 is 1.72 bits per heavy atom. The molecule has 2 rings (SSSR count). The van der Waals surface area contributed by atoms with E-state index in [0.717, 1.165) is 11.3 Å². The van der Waals surface area contributed by atoms with E-state index in [2.05, 4.69) is 9.68 Å². The van der Waals surface area contributed by atoms with E-state index in [1.807, 2.05) is 27.7 Å². The van der Waals surface area contributed by atoms with Gasteiger partial charge in [-0.3, -0.25) is 0 Å². The van der Waals surface area contributed by atoms with Gasteiger partial charge in [-0.15, -0.1) is 15.7 Å². The third kappa shape index (κ3) is 5.63. The lowest BCUT2D eigenvalue weighted by molar-refractivity contribution is 0.0789. The summed E-state index contributed by atoms with van der Waals surface area (Å²) in [5.74, 6) is -0.479. The van der Waals surface area contributed by atoms with E-state index in [9.17, 15) is 18.5 Å². The molecule has 0 radical (unpaired) electrons. The van der Waals surface area contributed by atoms with E-state index in [1.54, 1.807) is 19.2 Å². The molecule has 2 amide bonds. The molecule has 1 aromatic carbocycles. The van der Waals surface area contributed by atoms with Gasteiger partial charge in [0, 0.05) is 5.69 Å². The van der Waals surface area contributed by atoms with E-state index < -0.39 is 21.5 Å². The largest absolute Gasteiger partial charge is 0.386 e. The lowest BCUT2D eigenvalue weighted by atomic mass is 9.92. The van der Waals surface area contributed by atoms with Crippen molar-refractivity contribution in [3.8, 4) is 0 Å². The van der Waals surface area contributed by atoms with Crippen molar-refractivity contribution in [3.63, 3.8) is 0 Å². The average Bonchev–Trinajstić information content (AvgIpc) is 3.06. The molecule has 1 aromatic heterocycles. The number of halogens is 1. The Labute approximate surface area is 175 Å². The van der Waals surface area contributed by atoms with Gasteiger partial charge in [0.05, 0.1) is 5.60 Å². The van der Waals surface area contributed by atoms with Crippen molar-refractivity contribution in [2.45, 2.75) is 63.2 Å². The molecule has 0 spiro atoms. The fourth-order valence-electron chi connectivity index (χ4n) is 2.79. The number of carbonyl (C=O) groups excluding carboxylic acids is 1. The molecule has 9 heteroatoms. The first-order valence-corrected chi connectivity index (χ1v) is 11.7. The molecular weight excluding hydrogens is 413 g/mol. The Balaban J connectivity index is 2.44. The SMILES string of the molecule is CC(C)c1cc(F)cc(C(C)C)c1NC(=O)N=S(N)(=O)c1cc(C(C)(C)O)cs1. The van der Waals surface area contributed by atoms with Crippen molar-refractivity contribution in [1.82, 2.24) is 0 Å². The number of nitrogens with zero attached hydrogens (tertiary/aromatic N) is 1. The van der Waals surface area contributed by atoms with Gasteiger partial charge in [0.25, 0.3) is 0 Å². The summed E-state index contributed by atoms with van der Waals surface area (Å²) in [7, 11) is -3.50. The second-order valence-corrected chi connectivity index (χ2v) is 11.0. The highest BCUT2D eigenvalue weighted by Crippen LogP contribution is 2.34. The third-order valence-electron chi connectivity index (χ3n) is 4.43. The third-order valence-corrected chi connectivity index (χ3v) is 7.29. The van der Waals surface area contributed by atoms with E-state index >= 15 is 0 Å². The summed E-state index contributed by atoms with van der Waals surface area (Å²) in [6, 6.07) is 3.37. The molecule has 6 nitrogen and oxygen atoms in total. The minimum absolute atomic E-state index is 0.0487. The standard InChI is InChI=1S/C20H28FN3O3S2/c1-11(2)15-8-14(21)9-16(12(3)4)18(15)23-19(25)24-29(22,27)17-7-13(10-28-17)20(5,6)26/h7-12,26H,1-6H3,(H3,22,23,24,25,27). The minimum Gasteiger partial charge on any atom is -0.386 e. The molecule has 0 saturated carbocycles. The predicted molar refractivity (Wildman–Crippen MR) is 116 cm³/mol. The number of thiophene rings is 1. The van der Waals surface area contributed by atoms with Crippen molar-refractivity contribution in [1.29, 1.82) is 0 Å². The first kappa shape index (κ1) is 23.5. The van der Waals surface area contributed by atoms with Crippen LogP contribution in [0.25, 0.3) is 0 Å². The van der Waals surface area contributed by atoms with E-state index in [0.29, 0.717) is 22.4 Å². The zero-order chi connectivity index (χ0) is 22.1. The average molecular weight is 442 g/mol. The van der Waals surface area contributed by atoms with Crippen LogP contribution in [0.15, 0.2) is 32.2 Å². The molecule has 4 N–H and O–H groups in total. The fraction of sp³-hybridized carbons (Fsp3) is 0.450. The summed E-state index contributed by atoms with van der Waals surface area (Å²) in [6.45, 7) is 10.7. The number of anilines is 1. The molecule has 0 saturated heterocycles. The van der Waals surface area contributed by atoms with Crippen LogP contribution in [0.5, 0.6) is 0 Å². The number of carbonyl (C=O) groups is 1. The van der Waals surface area contributed by atoms with Crippen LogP contribution >= 0.6 is 11.3 Å². The number of hydrogen-bond acceptors (Lipinski definition) is 4. The van der Waals surface area contributed by atoms with Crippen LogP contribution in [0.3, 0.4) is 0 Å². The molecule has 1 atom stereocenters. The number of nitrogens with two attached hydrogens (primary N) is 1. The first-order valence-electron chi connectivity index (χ1n) is 9.23. The number of amides is 2. The number of nitrogens with one attached hydrogen (secondary N) is 1. The zero-order valence-electron chi connectivity index (χ0n) is 17.4. The number of aliphatic hydroxyl groups is 1. The predicted octanol–water partition coefficient (Wildman–Crippen LogP) is 5.29. The maximum atomic E-state index is 14.0. The highest BCUT2D eigenvalue weighted by atomic mass is 32.2. The number of benzene rings is 1. The smallest absolute Gasteiger partial charge is 0.354 e. The molecular formula is C20H28FN3O3S2. The maximum Gasteiger partial charge on any atom is 0.354 e. The molecule has 2 aromatic rings. The van der Waals surface area contributed by atoms with Gasteiger partial charge < -0.3 is 10.4 Å². The first-order chi connectivity index (χ1) is 13.2. The summed E-state index contributed by atoms with van der Waals surface area (Å²) >= 11 is 1.07. The summed E-state index contributed by atoms with van der Waals surface area (Å²) in [6.07, 6.45) is 0. The zero-order valence-corrected chi connectivity index (χ0v) is 19.1. The number of hydrogen-bond donors (Lipinski definition) is 3. The van der Waals surface area contributed by atoms with Gasteiger partial charge in [0.2, 0.25) is 0 Å². The van der Waals surface area contributed by atoms with Gasteiger partial charge in [-0.2, -0.15) is 0 Å². The molecule has 0 aliphatic carbocycles. The second-order valence-electron chi connectivity index (χ2n) is 8.07. The van der Waals surface area contributed by atoms with E-state index in [1.165, 1.54) is 18.2 Å². The summed E-state index contributed by atoms with van der Waals surface area (Å²) in [5, 5.41) is 20.2.